The van der Waals surface area contributed by atoms with Gasteiger partial charge in [-0.2, -0.15) is 5.26 Å². The number of nitrogens with zero attached hydrogens (tertiary/aromatic N) is 1. The van der Waals surface area contributed by atoms with Gasteiger partial charge in [-0.05, 0) is 30.5 Å². The fraction of sp³-hybridized carbons (Fsp3) is 0.429. The van der Waals surface area contributed by atoms with Gasteiger partial charge in [0.2, 0.25) is 0 Å². The van der Waals surface area contributed by atoms with Gasteiger partial charge in [0.25, 0.3) is 5.91 Å². The SMILES string of the molecule is CC(C)C(CCCl)NC(=O)c1cccc(C#N)c1. The molecule has 0 heterocycles. The lowest BCUT2D eigenvalue weighted by Crippen LogP contribution is -2.38. The Morgan fingerprint density at radius 2 is 2.22 bits per heavy atom. The molecular formula is C14H17ClN2O. The van der Waals surface area contributed by atoms with Gasteiger partial charge in [0, 0.05) is 17.5 Å². The third-order valence-corrected chi connectivity index (χ3v) is 3.01. The second-order valence-electron chi connectivity index (χ2n) is 4.49. The standard InChI is InChI=1S/C14H17ClN2O/c1-10(2)13(6-7-15)17-14(18)12-5-3-4-11(8-12)9-16/h3-5,8,10,13H,6-7H2,1-2H3,(H,17,18). The van der Waals surface area contributed by atoms with Gasteiger partial charge in [-0.3, -0.25) is 4.79 Å². The first-order valence-electron chi connectivity index (χ1n) is 5.95. The minimum Gasteiger partial charge on any atom is -0.349 e. The zero-order chi connectivity index (χ0) is 13.5. The predicted molar refractivity (Wildman–Crippen MR) is 72.6 cm³/mol. The molecule has 1 amide bonds. The van der Waals surface area contributed by atoms with E-state index in [1.807, 2.05) is 19.9 Å². The second kappa shape index (κ2) is 7.03. The van der Waals surface area contributed by atoms with Crippen LogP contribution in [-0.4, -0.2) is 17.8 Å². The Balaban J connectivity index is 2.77. The van der Waals surface area contributed by atoms with Crippen molar-refractivity contribution < 1.29 is 4.79 Å². The van der Waals surface area contributed by atoms with Crippen LogP contribution in [-0.2, 0) is 0 Å². The summed E-state index contributed by atoms with van der Waals surface area (Å²) in [6, 6.07) is 8.76. The van der Waals surface area contributed by atoms with Crippen LogP contribution < -0.4 is 5.32 Å². The number of alkyl halides is 1. The lowest BCUT2D eigenvalue weighted by molar-refractivity contribution is 0.0925. The number of nitrogens with one attached hydrogen (secondary N) is 1. The number of benzene rings is 1. The van der Waals surface area contributed by atoms with Gasteiger partial charge in [-0.15, -0.1) is 11.6 Å². The fourth-order valence-electron chi connectivity index (χ4n) is 1.67. The zero-order valence-electron chi connectivity index (χ0n) is 10.6. The van der Waals surface area contributed by atoms with Gasteiger partial charge >= 0.3 is 0 Å². The first-order chi connectivity index (χ1) is 8.58. The van der Waals surface area contributed by atoms with Crippen LogP contribution >= 0.6 is 11.6 Å². The number of halogens is 1. The minimum atomic E-state index is -0.157. The molecule has 96 valence electrons. The summed E-state index contributed by atoms with van der Waals surface area (Å²) in [5.41, 5.74) is 0.996. The summed E-state index contributed by atoms with van der Waals surface area (Å²) in [4.78, 5) is 12.0. The van der Waals surface area contributed by atoms with Crippen molar-refractivity contribution in [1.29, 1.82) is 5.26 Å². The summed E-state index contributed by atoms with van der Waals surface area (Å²) in [6.07, 6.45) is 0.739. The summed E-state index contributed by atoms with van der Waals surface area (Å²) in [5.74, 6) is 0.684. The molecule has 0 aliphatic carbocycles. The molecule has 1 N–H and O–H groups in total. The molecule has 0 radical (unpaired) electrons. The lowest BCUT2D eigenvalue weighted by atomic mass is 10.0. The highest BCUT2D eigenvalue weighted by Crippen LogP contribution is 2.10. The van der Waals surface area contributed by atoms with E-state index in [0.717, 1.165) is 6.42 Å². The van der Waals surface area contributed by atoms with Crippen LogP contribution in [0.3, 0.4) is 0 Å². The first kappa shape index (κ1) is 14.5. The summed E-state index contributed by atoms with van der Waals surface area (Å²) < 4.78 is 0. The molecule has 3 nitrogen and oxygen atoms in total. The number of rotatable bonds is 5. The molecule has 0 aliphatic heterocycles. The number of hydrogen-bond donors (Lipinski definition) is 1. The van der Waals surface area contributed by atoms with E-state index in [9.17, 15) is 4.79 Å². The van der Waals surface area contributed by atoms with E-state index in [2.05, 4.69) is 5.32 Å². The minimum absolute atomic E-state index is 0.0562. The van der Waals surface area contributed by atoms with E-state index in [4.69, 9.17) is 16.9 Å². The topological polar surface area (TPSA) is 52.9 Å². The van der Waals surface area contributed by atoms with Crippen LogP contribution in [0.4, 0.5) is 0 Å². The maximum Gasteiger partial charge on any atom is 0.251 e. The first-order valence-corrected chi connectivity index (χ1v) is 6.49. The summed E-state index contributed by atoms with van der Waals surface area (Å²) in [5, 5.41) is 11.8. The average Bonchev–Trinajstić information content (AvgIpc) is 2.38. The monoisotopic (exact) mass is 264 g/mol. The lowest BCUT2D eigenvalue weighted by Gasteiger charge is -2.21. The predicted octanol–water partition coefficient (Wildman–Crippen LogP) is 2.94. The summed E-state index contributed by atoms with van der Waals surface area (Å²) in [6.45, 7) is 4.09. The van der Waals surface area contributed by atoms with Crippen molar-refractivity contribution in [2.75, 3.05) is 5.88 Å². The van der Waals surface area contributed by atoms with E-state index in [0.29, 0.717) is 22.9 Å². The molecule has 1 aromatic carbocycles. The maximum atomic E-state index is 12.0. The highest BCUT2D eigenvalue weighted by molar-refractivity contribution is 6.17. The third-order valence-electron chi connectivity index (χ3n) is 2.80. The van der Waals surface area contributed by atoms with Crippen molar-refractivity contribution in [2.24, 2.45) is 5.92 Å². The Morgan fingerprint density at radius 1 is 1.50 bits per heavy atom. The Kier molecular flexibility index (Phi) is 5.67. The van der Waals surface area contributed by atoms with Crippen LogP contribution in [0.2, 0.25) is 0 Å². The van der Waals surface area contributed by atoms with Gasteiger partial charge in [-0.1, -0.05) is 19.9 Å². The van der Waals surface area contributed by atoms with E-state index >= 15 is 0 Å². The molecule has 1 atom stereocenters. The number of nitriles is 1. The van der Waals surface area contributed by atoms with Crippen molar-refractivity contribution >= 4 is 17.5 Å². The largest absolute Gasteiger partial charge is 0.349 e. The molecule has 1 unspecified atom stereocenters. The van der Waals surface area contributed by atoms with Gasteiger partial charge < -0.3 is 5.32 Å². The summed E-state index contributed by atoms with van der Waals surface area (Å²) >= 11 is 5.72. The molecule has 0 saturated heterocycles. The van der Waals surface area contributed by atoms with E-state index in [1.54, 1.807) is 24.3 Å². The van der Waals surface area contributed by atoms with Crippen LogP contribution in [0.5, 0.6) is 0 Å². The van der Waals surface area contributed by atoms with Crippen molar-refractivity contribution in [1.82, 2.24) is 5.32 Å². The van der Waals surface area contributed by atoms with Gasteiger partial charge in [-0.25, -0.2) is 0 Å². The number of hydrogen-bond acceptors (Lipinski definition) is 2. The van der Waals surface area contributed by atoms with Crippen LogP contribution in [0.1, 0.15) is 36.2 Å². The Morgan fingerprint density at radius 3 is 2.78 bits per heavy atom. The van der Waals surface area contributed by atoms with E-state index in [1.165, 1.54) is 0 Å². The molecule has 18 heavy (non-hydrogen) atoms. The quantitative estimate of drug-likeness (QED) is 0.832. The molecule has 4 heteroatoms. The van der Waals surface area contributed by atoms with Crippen LogP contribution in [0.15, 0.2) is 24.3 Å². The van der Waals surface area contributed by atoms with Gasteiger partial charge in [0.05, 0.1) is 11.6 Å². The normalized spacial score (nSPS) is 11.9. The van der Waals surface area contributed by atoms with Crippen LogP contribution in [0.25, 0.3) is 0 Å². The van der Waals surface area contributed by atoms with E-state index < -0.39 is 0 Å². The number of amides is 1. The summed E-state index contributed by atoms with van der Waals surface area (Å²) in [7, 11) is 0. The Bertz CT molecular complexity index is 451. The molecule has 0 bridgehead atoms. The number of carbonyl (C=O) groups is 1. The van der Waals surface area contributed by atoms with E-state index in [-0.39, 0.29) is 11.9 Å². The van der Waals surface area contributed by atoms with Crippen molar-refractivity contribution in [3.8, 4) is 6.07 Å². The molecule has 1 rings (SSSR count). The van der Waals surface area contributed by atoms with Crippen molar-refractivity contribution in [3.05, 3.63) is 35.4 Å². The molecular weight excluding hydrogens is 248 g/mol. The molecule has 0 fully saturated rings. The maximum absolute atomic E-state index is 12.0. The zero-order valence-corrected chi connectivity index (χ0v) is 11.4. The Hall–Kier alpha value is -1.53. The second-order valence-corrected chi connectivity index (χ2v) is 4.87. The molecule has 0 aliphatic rings. The molecule has 0 saturated carbocycles. The van der Waals surface area contributed by atoms with Crippen LogP contribution in [0, 0.1) is 17.2 Å². The molecule has 1 aromatic rings. The molecule has 0 aromatic heterocycles. The average molecular weight is 265 g/mol. The highest BCUT2D eigenvalue weighted by Gasteiger charge is 2.16. The fourth-order valence-corrected chi connectivity index (χ4v) is 1.91. The van der Waals surface area contributed by atoms with Crippen molar-refractivity contribution in [3.63, 3.8) is 0 Å². The smallest absolute Gasteiger partial charge is 0.251 e. The Labute approximate surface area is 113 Å². The van der Waals surface area contributed by atoms with Crippen molar-refractivity contribution in [2.45, 2.75) is 26.3 Å². The highest BCUT2D eigenvalue weighted by atomic mass is 35.5. The van der Waals surface area contributed by atoms with Gasteiger partial charge in [0.15, 0.2) is 0 Å². The van der Waals surface area contributed by atoms with Gasteiger partial charge in [0.1, 0.15) is 0 Å². The number of carbonyl (C=O) groups excluding carboxylic acids is 1. The molecule has 0 spiro atoms. The third kappa shape index (κ3) is 4.05.